The second kappa shape index (κ2) is 7.31. The van der Waals surface area contributed by atoms with Gasteiger partial charge in [0.25, 0.3) is 0 Å². The normalized spacial score (nSPS) is 12.0. The maximum Gasteiger partial charge on any atom is 0.248 e. The molecule has 1 N–H and O–H groups in total. The van der Waals surface area contributed by atoms with Gasteiger partial charge in [-0.15, -0.1) is 0 Å². The quantitative estimate of drug-likeness (QED) is 0.723. The summed E-state index contributed by atoms with van der Waals surface area (Å²) in [5.41, 5.74) is 1.68. The van der Waals surface area contributed by atoms with Crippen LogP contribution in [0.1, 0.15) is 30.4 Å². The Morgan fingerprint density at radius 3 is 2.83 bits per heavy atom. The first-order valence-corrected chi connectivity index (χ1v) is 7.88. The molecule has 0 radical (unpaired) electrons. The Bertz CT molecular complexity index is 807. The van der Waals surface area contributed by atoms with Crippen LogP contribution in [0.2, 0.25) is 5.02 Å². The van der Waals surface area contributed by atoms with Crippen LogP contribution < -0.4 is 10.1 Å². The number of ether oxygens (including phenoxy) is 1. The van der Waals surface area contributed by atoms with Crippen LogP contribution in [0.15, 0.2) is 47.1 Å². The third-order valence-electron chi connectivity index (χ3n) is 3.33. The first-order chi connectivity index (χ1) is 11.6. The smallest absolute Gasteiger partial charge is 0.248 e. The molecule has 0 aliphatic rings. The molecule has 6 nitrogen and oxygen atoms in total. The summed E-state index contributed by atoms with van der Waals surface area (Å²) in [5.74, 6) is 1.74. The second-order valence-corrected chi connectivity index (χ2v) is 5.71. The van der Waals surface area contributed by atoms with Crippen LogP contribution in [0.3, 0.4) is 0 Å². The van der Waals surface area contributed by atoms with Gasteiger partial charge in [0, 0.05) is 11.9 Å². The number of rotatable bonds is 6. The Balaban J connectivity index is 1.64. The van der Waals surface area contributed by atoms with Gasteiger partial charge in [0.2, 0.25) is 5.89 Å². The number of benzene rings is 1. The number of anilines is 1. The molecule has 0 aliphatic carbocycles. The highest BCUT2D eigenvalue weighted by Crippen LogP contribution is 2.29. The molecule has 3 rings (SSSR count). The average Bonchev–Trinajstić information content (AvgIpc) is 3.02. The van der Waals surface area contributed by atoms with Gasteiger partial charge < -0.3 is 14.6 Å². The molecular formula is C17H17ClN4O2. The molecule has 124 valence electrons. The minimum atomic E-state index is -0.123. The van der Waals surface area contributed by atoms with Crippen molar-refractivity contribution in [1.82, 2.24) is 15.1 Å². The zero-order valence-corrected chi connectivity index (χ0v) is 14.1. The van der Waals surface area contributed by atoms with Crippen molar-refractivity contribution in [3.63, 3.8) is 0 Å². The van der Waals surface area contributed by atoms with Crippen molar-refractivity contribution < 1.29 is 9.26 Å². The number of hydrogen-bond acceptors (Lipinski definition) is 6. The van der Waals surface area contributed by atoms with E-state index in [1.165, 1.54) is 0 Å². The standard InChI is InChI=1S/C17H17ClN4O2/c1-11(17-21-12(2)22-24-17)20-13-6-7-16(15(18)9-13)23-10-14-5-3-4-8-19-14/h3-9,11,20H,10H2,1-2H3. The molecule has 0 saturated carbocycles. The Morgan fingerprint density at radius 1 is 1.29 bits per heavy atom. The molecule has 0 spiro atoms. The average molecular weight is 345 g/mol. The Kier molecular flexibility index (Phi) is 4.96. The van der Waals surface area contributed by atoms with E-state index in [4.69, 9.17) is 20.9 Å². The lowest BCUT2D eigenvalue weighted by Gasteiger charge is -2.13. The fourth-order valence-electron chi connectivity index (χ4n) is 2.14. The summed E-state index contributed by atoms with van der Waals surface area (Å²) in [6.45, 7) is 4.08. The molecule has 1 aromatic carbocycles. The predicted molar refractivity (Wildman–Crippen MR) is 91.1 cm³/mol. The lowest BCUT2D eigenvalue weighted by atomic mass is 10.2. The molecule has 3 aromatic rings. The van der Waals surface area contributed by atoms with Crippen molar-refractivity contribution in [2.24, 2.45) is 0 Å². The molecule has 7 heteroatoms. The van der Waals surface area contributed by atoms with Gasteiger partial charge in [-0.3, -0.25) is 4.98 Å². The third-order valence-corrected chi connectivity index (χ3v) is 3.63. The van der Waals surface area contributed by atoms with Crippen LogP contribution in [-0.4, -0.2) is 15.1 Å². The van der Waals surface area contributed by atoms with Gasteiger partial charge in [0.05, 0.1) is 10.7 Å². The van der Waals surface area contributed by atoms with Gasteiger partial charge in [-0.05, 0) is 44.2 Å². The molecule has 24 heavy (non-hydrogen) atoms. The molecule has 0 amide bonds. The lowest BCUT2D eigenvalue weighted by Crippen LogP contribution is -2.07. The SMILES string of the molecule is Cc1noc(C(C)Nc2ccc(OCc3ccccn3)c(Cl)c2)n1. The van der Waals surface area contributed by atoms with Crippen LogP contribution in [0.25, 0.3) is 0 Å². The molecule has 2 heterocycles. The van der Waals surface area contributed by atoms with Crippen LogP contribution in [0, 0.1) is 6.92 Å². The van der Waals surface area contributed by atoms with Crippen molar-refractivity contribution >= 4 is 17.3 Å². The largest absolute Gasteiger partial charge is 0.486 e. The number of nitrogens with zero attached hydrogens (tertiary/aromatic N) is 3. The maximum atomic E-state index is 6.29. The fourth-order valence-corrected chi connectivity index (χ4v) is 2.38. The summed E-state index contributed by atoms with van der Waals surface area (Å²) in [5, 5.41) is 7.57. The summed E-state index contributed by atoms with van der Waals surface area (Å²) >= 11 is 6.29. The van der Waals surface area contributed by atoms with Crippen molar-refractivity contribution in [2.45, 2.75) is 26.5 Å². The first kappa shape index (κ1) is 16.3. The number of pyridine rings is 1. The maximum absolute atomic E-state index is 6.29. The van der Waals surface area contributed by atoms with E-state index >= 15 is 0 Å². The number of hydrogen-bond donors (Lipinski definition) is 1. The van der Waals surface area contributed by atoms with E-state index in [9.17, 15) is 0 Å². The third kappa shape index (κ3) is 4.02. The Hall–Kier alpha value is -2.60. The van der Waals surface area contributed by atoms with Crippen LogP contribution in [-0.2, 0) is 6.61 Å². The van der Waals surface area contributed by atoms with E-state index in [1.807, 2.05) is 37.3 Å². The molecule has 0 saturated heterocycles. The van der Waals surface area contributed by atoms with Crippen LogP contribution in [0.5, 0.6) is 5.75 Å². The molecule has 0 fully saturated rings. The van der Waals surface area contributed by atoms with E-state index in [0.29, 0.717) is 29.1 Å². The van der Waals surface area contributed by atoms with Crippen molar-refractivity contribution in [3.05, 3.63) is 65.0 Å². The van der Waals surface area contributed by atoms with Gasteiger partial charge in [-0.1, -0.05) is 22.8 Å². The molecule has 2 aromatic heterocycles. The number of aryl methyl sites for hydroxylation is 1. The zero-order valence-electron chi connectivity index (χ0n) is 13.4. The van der Waals surface area contributed by atoms with E-state index in [1.54, 1.807) is 19.2 Å². The Morgan fingerprint density at radius 2 is 2.17 bits per heavy atom. The summed E-state index contributed by atoms with van der Waals surface area (Å²) in [6.07, 6.45) is 1.73. The fraction of sp³-hybridized carbons (Fsp3) is 0.235. The number of halogens is 1. The van der Waals surface area contributed by atoms with E-state index < -0.39 is 0 Å². The van der Waals surface area contributed by atoms with Gasteiger partial charge in [-0.25, -0.2) is 0 Å². The van der Waals surface area contributed by atoms with Crippen LogP contribution >= 0.6 is 11.6 Å². The monoisotopic (exact) mass is 344 g/mol. The van der Waals surface area contributed by atoms with E-state index in [0.717, 1.165) is 11.4 Å². The highest BCUT2D eigenvalue weighted by atomic mass is 35.5. The van der Waals surface area contributed by atoms with E-state index in [2.05, 4.69) is 20.4 Å². The second-order valence-electron chi connectivity index (χ2n) is 5.30. The predicted octanol–water partition coefficient (Wildman–Crippen LogP) is 4.18. The highest BCUT2D eigenvalue weighted by Gasteiger charge is 2.13. The van der Waals surface area contributed by atoms with Gasteiger partial charge >= 0.3 is 0 Å². The zero-order chi connectivity index (χ0) is 16.9. The first-order valence-electron chi connectivity index (χ1n) is 7.51. The van der Waals surface area contributed by atoms with Crippen LogP contribution in [0.4, 0.5) is 5.69 Å². The Labute approximate surface area is 144 Å². The number of nitrogens with one attached hydrogen (secondary N) is 1. The van der Waals surface area contributed by atoms with Crippen molar-refractivity contribution in [2.75, 3.05) is 5.32 Å². The van der Waals surface area contributed by atoms with Gasteiger partial charge in [0.1, 0.15) is 18.4 Å². The minimum Gasteiger partial charge on any atom is -0.486 e. The molecule has 1 atom stereocenters. The minimum absolute atomic E-state index is 0.123. The number of aromatic nitrogens is 3. The highest BCUT2D eigenvalue weighted by molar-refractivity contribution is 6.32. The van der Waals surface area contributed by atoms with E-state index in [-0.39, 0.29) is 6.04 Å². The summed E-state index contributed by atoms with van der Waals surface area (Å²) in [4.78, 5) is 8.42. The summed E-state index contributed by atoms with van der Waals surface area (Å²) < 4.78 is 10.9. The molecular weight excluding hydrogens is 328 g/mol. The lowest BCUT2D eigenvalue weighted by molar-refractivity contribution is 0.301. The molecule has 0 aliphatic heterocycles. The van der Waals surface area contributed by atoms with Crippen molar-refractivity contribution in [1.29, 1.82) is 0 Å². The van der Waals surface area contributed by atoms with Gasteiger partial charge in [-0.2, -0.15) is 4.98 Å². The summed E-state index contributed by atoms with van der Waals surface area (Å²) in [6, 6.07) is 11.1. The summed E-state index contributed by atoms with van der Waals surface area (Å²) in [7, 11) is 0. The van der Waals surface area contributed by atoms with Crippen molar-refractivity contribution in [3.8, 4) is 5.75 Å². The topological polar surface area (TPSA) is 73.1 Å². The molecule has 0 bridgehead atoms. The van der Waals surface area contributed by atoms with Gasteiger partial charge in [0.15, 0.2) is 5.82 Å². The molecule has 1 unspecified atom stereocenters.